The smallest absolute Gasteiger partial charge is 0.224 e. The third-order valence-corrected chi connectivity index (χ3v) is 2.46. The van der Waals surface area contributed by atoms with Crippen molar-refractivity contribution in [2.75, 3.05) is 5.32 Å². The van der Waals surface area contributed by atoms with Crippen molar-refractivity contribution in [1.29, 1.82) is 0 Å². The maximum Gasteiger partial charge on any atom is 0.224 e. The SMILES string of the molecule is C[C@H](CC(=O)Nc1ccccc1)[C@@H](C)N. The van der Waals surface area contributed by atoms with Crippen molar-refractivity contribution in [2.45, 2.75) is 26.3 Å². The van der Waals surface area contributed by atoms with Crippen molar-refractivity contribution in [2.24, 2.45) is 11.7 Å². The number of carbonyl (C=O) groups is 1. The Labute approximate surface area is 90.7 Å². The Balaban J connectivity index is 2.43. The topological polar surface area (TPSA) is 55.1 Å². The van der Waals surface area contributed by atoms with Crippen LogP contribution in [0.15, 0.2) is 30.3 Å². The van der Waals surface area contributed by atoms with Crippen LogP contribution in [0.4, 0.5) is 5.69 Å². The van der Waals surface area contributed by atoms with Gasteiger partial charge in [-0.15, -0.1) is 0 Å². The molecule has 0 saturated carbocycles. The van der Waals surface area contributed by atoms with E-state index in [1.165, 1.54) is 0 Å². The number of nitrogens with two attached hydrogens (primary N) is 1. The maximum atomic E-state index is 11.6. The van der Waals surface area contributed by atoms with E-state index in [1.807, 2.05) is 44.2 Å². The highest BCUT2D eigenvalue weighted by Crippen LogP contribution is 2.10. The van der Waals surface area contributed by atoms with Gasteiger partial charge < -0.3 is 11.1 Å². The summed E-state index contributed by atoms with van der Waals surface area (Å²) >= 11 is 0. The minimum atomic E-state index is 0.0194. The van der Waals surface area contributed by atoms with Gasteiger partial charge in [0.1, 0.15) is 0 Å². The van der Waals surface area contributed by atoms with E-state index in [9.17, 15) is 4.79 Å². The zero-order chi connectivity index (χ0) is 11.3. The molecule has 0 unspecified atom stereocenters. The summed E-state index contributed by atoms with van der Waals surface area (Å²) < 4.78 is 0. The van der Waals surface area contributed by atoms with Gasteiger partial charge in [0.25, 0.3) is 0 Å². The van der Waals surface area contributed by atoms with E-state index in [0.29, 0.717) is 6.42 Å². The van der Waals surface area contributed by atoms with Gasteiger partial charge in [0.2, 0.25) is 5.91 Å². The summed E-state index contributed by atoms with van der Waals surface area (Å²) in [6.07, 6.45) is 0.465. The van der Waals surface area contributed by atoms with Crippen molar-refractivity contribution in [3.05, 3.63) is 30.3 Å². The first kappa shape index (κ1) is 11.7. The molecule has 0 heterocycles. The number of benzene rings is 1. The van der Waals surface area contributed by atoms with Crippen LogP contribution in [0.25, 0.3) is 0 Å². The number of nitrogens with one attached hydrogen (secondary N) is 1. The van der Waals surface area contributed by atoms with Gasteiger partial charge in [-0.05, 0) is 25.0 Å². The molecule has 0 saturated heterocycles. The molecule has 3 heteroatoms. The molecule has 1 amide bonds. The molecule has 1 aromatic carbocycles. The third-order valence-electron chi connectivity index (χ3n) is 2.46. The second-order valence-corrected chi connectivity index (χ2v) is 3.95. The molecule has 0 bridgehead atoms. The molecule has 0 aliphatic rings. The third kappa shape index (κ3) is 4.13. The fourth-order valence-corrected chi connectivity index (χ4v) is 1.21. The molecule has 82 valence electrons. The Kier molecular flexibility index (Phi) is 4.31. The van der Waals surface area contributed by atoms with Crippen LogP contribution in [-0.4, -0.2) is 11.9 Å². The van der Waals surface area contributed by atoms with Crippen LogP contribution in [0.2, 0.25) is 0 Å². The minimum Gasteiger partial charge on any atom is -0.328 e. The van der Waals surface area contributed by atoms with E-state index in [1.54, 1.807) is 0 Å². The van der Waals surface area contributed by atoms with Crippen molar-refractivity contribution in [3.8, 4) is 0 Å². The second-order valence-electron chi connectivity index (χ2n) is 3.95. The maximum absolute atomic E-state index is 11.6. The Hall–Kier alpha value is -1.35. The first-order valence-corrected chi connectivity index (χ1v) is 5.20. The Morgan fingerprint density at radius 3 is 2.47 bits per heavy atom. The molecule has 3 nitrogen and oxygen atoms in total. The molecule has 1 aromatic rings. The molecule has 0 aliphatic carbocycles. The lowest BCUT2D eigenvalue weighted by Crippen LogP contribution is -2.28. The standard InChI is InChI=1S/C12H18N2O/c1-9(10(2)13)8-12(15)14-11-6-4-3-5-7-11/h3-7,9-10H,8,13H2,1-2H3,(H,14,15)/t9-,10-/m1/s1. The first-order valence-electron chi connectivity index (χ1n) is 5.20. The van der Waals surface area contributed by atoms with Gasteiger partial charge in [0.15, 0.2) is 0 Å². The molecule has 1 rings (SSSR count). The lowest BCUT2D eigenvalue weighted by Gasteiger charge is -2.14. The summed E-state index contributed by atoms with van der Waals surface area (Å²) in [7, 11) is 0. The average Bonchev–Trinajstić information content (AvgIpc) is 2.18. The second kappa shape index (κ2) is 5.51. The summed E-state index contributed by atoms with van der Waals surface area (Å²) in [6.45, 7) is 3.90. The Morgan fingerprint density at radius 1 is 1.33 bits per heavy atom. The number of anilines is 1. The van der Waals surface area contributed by atoms with E-state index in [4.69, 9.17) is 5.73 Å². The van der Waals surface area contributed by atoms with E-state index < -0.39 is 0 Å². The molecule has 0 radical (unpaired) electrons. The monoisotopic (exact) mass is 206 g/mol. The highest BCUT2D eigenvalue weighted by molar-refractivity contribution is 5.90. The number of hydrogen-bond acceptors (Lipinski definition) is 2. The van der Waals surface area contributed by atoms with Crippen LogP contribution in [0.3, 0.4) is 0 Å². The van der Waals surface area contributed by atoms with E-state index in [-0.39, 0.29) is 17.9 Å². The fraction of sp³-hybridized carbons (Fsp3) is 0.417. The summed E-state index contributed by atoms with van der Waals surface area (Å²) in [5, 5.41) is 2.83. The van der Waals surface area contributed by atoms with Crippen molar-refractivity contribution in [3.63, 3.8) is 0 Å². The fourth-order valence-electron chi connectivity index (χ4n) is 1.21. The van der Waals surface area contributed by atoms with E-state index in [2.05, 4.69) is 5.32 Å². The summed E-state index contributed by atoms with van der Waals surface area (Å²) in [6, 6.07) is 9.49. The highest BCUT2D eigenvalue weighted by Gasteiger charge is 2.12. The first-order chi connectivity index (χ1) is 7.09. The average molecular weight is 206 g/mol. The number of hydrogen-bond donors (Lipinski definition) is 2. The van der Waals surface area contributed by atoms with Crippen molar-refractivity contribution in [1.82, 2.24) is 0 Å². The summed E-state index contributed by atoms with van der Waals surface area (Å²) in [5.41, 5.74) is 6.53. The Bertz CT molecular complexity index is 309. The number of carbonyl (C=O) groups excluding carboxylic acids is 1. The van der Waals surface area contributed by atoms with Gasteiger partial charge in [-0.3, -0.25) is 4.79 Å². The van der Waals surface area contributed by atoms with Crippen molar-refractivity contribution < 1.29 is 4.79 Å². The Morgan fingerprint density at radius 2 is 1.93 bits per heavy atom. The van der Waals surface area contributed by atoms with Gasteiger partial charge in [-0.2, -0.15) is 0 Å². The lowest BCUT2D eigenvalue weighted by atomic mass is 10.0. The molecular weight excluding hydrogens is 188 g/mol. The summed E-state index contributed by atoms with van der Waals surface area (Å²) in [4.78, 5) is 11.6. The van der Waals surface area contributed by atoms with E-state index in [0.717, 1.165) is 5.69 Å². The van der Waals surface area contributed by atoms with Crippen LogP contribution in [-0.2, 0) is 4.79 Å². The molecule has 2 atom stereocenters. The quantitative estimate of drug-likeness (QED) is 0.791. The minimum absolute atomic E-state index is 0.0194. The zero-order valence-electron chi connectivity index (χ0n) is 9.23. The lowest BCUT2D eigenvalue weighted by molar-refractivity contribution is -0.117. The van der Waals surface area contributed by atoms with Gasteiger partial charge in [0.05, 0.1) is 0 Å². The van der Waals surface area contributed by atoms with E-state index >= 15 is 0 Å². The molecule has 0 aromatic heterocycles. The van der Waals surface area contributed by atoms with Crippen LogP contribution >= 0.6 is 0 Å². The molecule has 0 fully saturated rings. The van der Waals surface area contributed by atoms with Gasteiger partial charge in [0, 0.05) is 18.2 Å². The zero-order valence-corrected chi connectivity index (χ0v) is 9.23. The predicted octanol–water partition coefficient (Wildman–Crippen LogP) is 2.00. The molecular formula is C12H18N2O. The van der Waals surface area contributed by atoms with Gasteiger partial charge >= 0.3 is 0 Å². The normalized spacial score (nSPS) is 14.3. The van der Waals surface area contributed by atoms with Crippen LogP contribution in [0.5, 0.6) is 0 Å². The molecule has 15 heavy (non-hydrogen) atoms. The molecule has 3 N–H and O–H groups in total. The van der Waals surface area contributed by atoms with Gasteiger partial charge in [-0.25, -0.2) is 0 Å². The van der Waals surface area contributed by atoms with Crippen LogP contribution in [0.1, 0.15) is 20.3 Å². The van der Waals surface area contributed by atoms with Crippen LogP contribution in [0, 0.1) is 5.92 Å². The predicted molar refractivity (Wildman–Crippen MR) is 62.5 cm³/mol. The highest BCUT2D eigenvalue weighted by atomic mass is 16.1. The number of para-hydroxylation sites is 1. The molecule has 0 spiro atoms. The number of rotatable bonds is 4. The van der Waals surface area contributed by atoms with Crippen LogP contribution < -0.4 is 11.1 Å². The van der Waals surface area contributed by atoms with Gasteiger partial charge in [-0.1, -0.05) is 25.1 Å². The van der Waals surface area contributed by atoms with Crippen molar-refractivity contribution >= 4 is 11.6 Å². The largest absolute Gasteiger partial charge is 0.328 e. The molecule has 0 aliphatic heterocycles. The number of amides is 1. The summed E-state index contributed by atoms with van der Waals surface area (Å²) in [5.74, 6) is 0.222.